The molecule has 5 heteroatoms. The van der Waals surface area contributed by atoms with Crippen LogP contribution in [-0.4, -0.2) is 48.7 Å². The van der Waals surface area contributed by atoms with Crippen molar-refractivity contribution in [3.63, 3.8) is 0 Å². The zero-order valence-corrected chi connectivity index (χ0v) is 11.5. The SMILES string of the molecule is CCOc1cccc(N2CCN(C(C)C#N)CC2)n1. The Morgan fingerprint density at radius 3 is 2.74 bits per heavy atom. The van der Waals surface area contributed by atoms with Gasteiger partial charge in [-0.1, -0.05) is 6.07 Å². The molecule has 19 heavy (non-hydrogen) atoms. The Bertz CT molecular complexity index is 449. The highest BCUT2D eigenvalue weighted by atomic mass is 16.5. The summed E-state index contributed by atoms with van der Waals surface area (Å²) < 4.78 is 5.42. The van der Waals surface area contributed by atoms with Crippen LogP contribution in [0.15, 0.2) is 18.2 Å². The fourth-order valence-corrected chi connectivity index (χ4v) is 2.23. The van der Waals surface area contributed by atoms with Crippen molar-refractivity contribution in [2.75, 3.05) is 37.7 Å². The highest BCUT2D eigenvalue weighted by Crippen LogP contribution is 2.18. The number of nitriles is 1. The molecule has 1 saturated heterocycles. The van der Waals surface area contributed by atoms with Crippen LogP contribution in [0.1, 0.15) is 13.8 Å². The Morgan fingerprint density at radius 1 is 1.37 bits per heavy atom. The summed E-state index contributed by atoms with van der Waals surface area (Å²) in [7, 11) is 0. The summed E-state index contributed by atoms with van der Waals surface area (Å²) in [6.07, 6.45) is 0. The predicted molar refractivity (Wildman–Crippen MR) is 74.3 cm³/mol. The molecule has 1 atom stereocenters. The van der Waals surface area contributed by atoms with E-state index in [1.165, 1.54) is 0 Å². The van der Waals surface area contributed by atoms with Gasteiger partial charge in [0.2, 0.25) is 5.88 Å². The maximum Gasteiger partial charge on any atom is 0.215 e. The fourth-order valence-electron chi connectivity index (χ4n) is 2.23. The third-order valence-electron chi connectivity index (χ3n) is 3.37. The van der Waals surface area contributed by atoms with E-state index in [9.17, 15) is 0 Å². The molecule has 1 aromatic rings. The number of nitrogens with zero attached hydrogens (tertiary/aromatic N) is 4. The van der Waals surface area contributed by atoms with Crippen molar-refractivity contribution in [2.24, 2.45) is 0 Å². The number of ether oxygens (including phenoxy) is 1. The van der Waals surface area contributed by atoms with Gasteiger partial charge in [0.25, 0.3) is 0 Å². The zero-order valence-electron chi connectivity index (χ0n) is 11.5. The van der Waals surface area contributed by atoms with Crippen molar-refractivity contribution in [1.82, 2.24) is 9.88 Å². The van der Waals surface area contributed by atoms with Crippen LogP contribution in [0.4, 0.5) is 5.82 Å². The van der Waals surface area contributed by atoms with Gasteiger partial charge in [0.15, 0.2) is 0 Å². The molecule has 2 rings (SSSR count). The van der Waals surface area contributed by atoms with E-state index < -0.39 is 0 Å². The van der Waals surface area contributed by atoms with Gasteiger partial charge in [0, 0.05) is 32.2 Å². The number of aromatic nitrogens is 1. The molecule has 5 nitrogen and oxygen atoms in total. The van der Waals surface area contributed by atoms with Gasteiger partial charge in [-0.05, 0) is 19.9 Å². The minimum absolute atomic E-state index is 0.00938. The van der Waals surface area contributed by atoms with Gasteiger partial charge >= 0.3 is 0 Å². The van der Waals surface area contributed by atoms with Crippen LogP contribution in [0, 0.1) is 11.3 Å². The van der Waals surface area contributed by atoms with Crippen LogP contribution in [-0.2, 0) is 0 Å². The predicted octanol–water partition coefficient (Wildman–Crippen LogP) is 1.51. The molecule has 0 N–H and O–H groups in total. The lowest BCUT2D eigenvalue weighted by Gasteiger charge is -2.36. The molecule has 1 aliphatic heterocycles. The molecule has 0 spiro atoms. The minimum atomic E-state index is -0.00938. The summed E-state index contributed by atoms with van der Waals surface area (Å²) in [4.78, 5) is 8.93. The topological polar surface area (TPSA) is 52.4 Å². The molecule has 0 saturated carbocycles. The fraction of sp³-hybridized carbons (Fsp3) is 0.571. The van der Waals surface area contributed by atoms with Gasteiger partial charge in [0.1, 0.15) is 5.82 Å². The molecule has 0 aromatic carbocycles. The van der Waals surface area contributed by atoms with E-state index >= 15 is 0 Å². The monoisotopic (exact) mass is 260 g/mol. The molecule has 1 aromatic heterocycles. The lowest BCUT2D eigenvalue weighted by atomic mass is 10.2. The molecule has 2 heterocycles. The normalized spacial score (nSPS) is 17.8. The average molecular weight is 260 g/mol. The lowest BCUT2D eigenvalue weighted by Crippen LogP contribution is -2.49. The zero-order chi connectivity index (χ0) is 13.7. The standard InChI is InChI=1S/C14H20N4O/c1-3-19-14-6-4-5-13(16-14)18-9-7-17(8-10-18)12(2)11-15/h4-6,12H,3,7-10H2,1-2H3. The Labute approximate surface area is 114 Å². The van der Waals surface area contributed by atoms with Gasteiger partial charge in [-0.3, -0.25) is 4.90 Å². The Balaban J connectivity index is 1.98. The summed E-state index contributed by atoms with van der Waals surface area (Å²) in [6, 6.07) is 8.13. The van der Waals surface area contributed by atoms with Crippen LogP contribution in [0.3, 0.4) is 0 Å². The van der Waals surface area contributed by atoms with Gasteiger partial charge < -0.3 is 9.64 Å². The van der Waals surface area contributed by atoms with Crippen LogP contribution in [0.5, 0.6) is 5.88 Å². The van der Waals surface area contributed by atoms with Crippen molar-refractivity contribution in [3.05, 3.63) is 18.2 Å². The van der Waals surface area contributed by atoms with Crippen LogP contribution in [0.2, 0.25) is 0 Å². The van der Waals surface area contributed by atoms with E-state index in [4.69, 9.17) is 10.00 Å². The molecule has 102 valence electrons. The van der Waals surface area contributed by atoms with Crippen molar-refractivity contribution in [1.29, 1.82) is 5.26 Å². The summed E-state index contributed by atoms with van der Waals surface area (Å²) >= 11 is 0. The van der Waals surface area contributed by atoms with E-state index in [-0.39, 0.29) is 6.04 Å². The molecule has 0 radical (unpaired) electrons. The third-order valence-corrected chi connectivity index (χ3v) is 3.37. The number of piperazine rings is 1. The van der Waals surface area contributed by atoms with Crippen LogP contribution < -0.4 is 9.64 Å². The van der Waals surface area contributed by atoms with Gasteiger partial charge in [-0.2, -0.15) is 10.2 Å². The van der Waals surface area contributed by atoms with Gasteiger partial charge in [0.05, 0.1) is 18.7 Å². The Morgan fingerprint density at radius 2 is 2.11 bits per heavy atom. The molecule has 1 fully saturated rings. The molecule has 0 amide bonds. The number of hydrogen-bond donors (Lipinski definition) is 0. The van der Waals surface area contributed by atoms with Crippen molar-refractivity contribution < 1.29 is 4.74 Å². The van der Waals surface area contributed by atoms with Crippen molar-refractivity contribution in [3.8, 4) is 11.9 Å². The number of hydrogen-bond acceptors (Lipinski definition) is 5. The quantitative estimate of drug-likeness (QED) is 0.821. The van der Waals surface area contributed by atoms with Crippen LogP contribution in [0.25, 0.3) is 0 Å². The highest BCUT2D eigenvalue weighted by molar-refractivity contribution is 5.41. The van der Waals surface area contributed by atoms with Gasteiger partial charge in [-0.25, -0.2) is 0 Å². The van der Waals surface area contributed by atoms with Gasteiger partial charge in [-0.15, -0.1) is 0 Å². The average Bonchev–Trinajstić information content (AvgIpc) is 2.47. The first-order valence-corrected chi connectivity index (χ1v) is 6.73. The second-order valence-electron chi connectivity index (χ2n) is 4.60. The first-order chi connectivity index (χ1) is 9.24. The maximum atomic E-state index is 8.93. The molecule has 1 unspecified atom stereocenters. The second kappa shape index (κ2) is 6.39. The number of anilines is 1. The first-order valence-electron chi connectivity index (χ1n) is 6.73. The van der Waals surface area contributed by atoms with E-state index in [2.05, 4.69) is 20.9 Å². The molecular formula is C14H20N4O. The summed E-state index contributed by atoms with van der Waals surface area (Å²) in [5, 5.41) is 8.93. The van der Waals surface area contributed by atoms with Crippen molar-refractivity contribution in [2.45, 2.75) is 19.9 Å². The van der Waals surface area contributed by atoms with E-state index in [0.717, 1.165) is 32.0 Å². The molecule has 0 bridgehead atoms. The Kier molecular flexibility index (Phi) is 4.58. The first kappa shape index (κ1) is 13.6. The summed E-state index contributed by atoms with van der Waals surface area (Å²) in [6.45, 7) is 8.12. The maximum absolute atomic E-state index is 8.93. The number of rotatable bonds is 4. The second-order valence-corrected chi connectivity index (χ2v) is 4.60. The molecular weight excluding hydrogens is 240 g/mol. The molecule has 0 aliphatic carbocycles. The largest absolute Gasteiger partial charge is 0.478 e. The highest BCUT2D eigenvalue weighted by Gasteiger charge is 2.21. The minimum Gasteiger partial charge on any atom is -0.478 e. The van der Waals surface area contributed by atoms with Crippen molar-refractivity contribution >= 4 is 5.82 Å². The third kappa shape index (κ3) is 3.36. The van der Waals surface area contributed by atoms with E-state index in [1.807, 2.05) is 32.0 Å². The number of pyridine rings is 1. The lowest BCUT2D eigenvalue weighted by molar-refractivity contribution is 0.231. The van der Waals surface area contributed by atoms with E-state index in [1.54, 1.807) is 0 Å². The van der Waals surface area contributed by atoms with E-state index in [0.29, 0.717) is 12.5 Å². The summed E-state index contributed by atoms with van der Waals surface area (Å²) in [5.74, 6) is 1.63. The molecule has 1 aliphatic rings. The smallest absolute Gasteiger partial charge is 0.215 e. The summed E-state index contributed by atoms with van der Waals surface area (Å²) in [5.41, 5.74) is 0. The Hall–Kier alpha value is -1.80. The van der Waals surface area contributed by atoms with Crippen LogP contribution >= 0.6 is 0 Å².